The standard InChI is InChI=1S/C21H25ClN2O3S/c1-2-16-9-11-18(12-10-16)28(26,27)24-13-5-6-17(15-24)14-23-21(25)19-7-3-4-8-20(19)22/h3-4,7-12,17H,2,5-6,13-15H2,1H3,(H,23,25)/t17-/m1/s1. The first-order chi connectivity index (χ1) is 13.4. The van der Waals surface area contributed by atoms with Crippen molar-refractivity contribution < 1.29 is 13.2 Å². The van der Waals surface area contributed by atoms with Gasteiger partial charge in [0.1, 0.15) is 0 Å². The van der Waals surface area contributed by atoms with E-state index >= 15 is 0 Å². The highest BCUT2D eigenvalue weighted by Gasteiger charge is 2.30. The van der Waals surface area contributed by atoms with E-state index in [1.165, 1.54) is 4.31 Å². The maximum atomic E-state index is 13.0. The van der Waals surface area contributed by atoms with Crippen molar-refractivity contribution in [1.29, 1.82) is 0 Å². The maximum Gasteiger partial charge on any atom is 0.252 e. The molecule has 1 N–H and O–H groups in total. The first kappa shape index (κ1) is 20.8. The van der Waals surface area contributed by atoms with E-state index in [4.69, 9.17) is 11.6 Å². The molecule has 0 unspecified atom stereocenters. The highest BCUT2D eigenvalue weighted by Crippen LogP contribution is 2.24. The Balaban J connectivity index is 1.63. The summed E-state index contributed by atoms with van der Waals surface area (Å²) >= 11 is 6.06. The van der Waals surface area contributed by atoms with Crippen molar-refractivity contribution in [3.8, 4) is 0 Å². The molecule has 1 heterocycles. The van der Waals surface area contributed by atoms with Crippen molar-refractivity contribution in [1.82, 2.24) is 9.62 Å². The first-order valence-electron chi connectivity index (χ1n) is 9.53. The normalized spacial score (nSPS) is 18.0. The Morgan fingerprint density at radius 3 is 2.57 bits per heavy atom. The quantitative estimate of drug-likeness (QED) is 0.774. The van der Waals surface area contributed by atoms with Crippen LogP contribution in [0.25, 0.3) is 0 Å². The highest BCUT2D eigenvalue weighted by atomic mass is 35.5. The second kappa shape index (κ2) is 9.07. The van der Waals surface area contributed by atoms with E-state index in [1.807, 2.05) is 19.1 Å². The van der Waals surface area contributed by atoms with E-state index in [1.54, 1.807) is 36.4 Å². The lowest BCUT2D eigenvalue weighted by Crippen LogP contribution is -2.43. The van der Waals surface area contributed by atoms with Crippen molar-refractivity contribution >= 4 is 27.5 Å². The molecule has 2 aromatic carbocycles. The molecule has 7 heteroatoms. The minimum Gasteiger partial charge on any atom is -0.352 e. The van der Waals surface area contributed by atoms with Gasteiger partial charge < -0.3 is 5.32 Å². The number of hydrogen-bond donors (Lipinski definition) is 1. The van der Waals surface area contributed by atoms with Gasteiger partial charge in [-0.2, -0.15) is 4.31 Å². The zero-order chi connectivity index (χ0) is 20.1. The summed E-state index contributed by atoms with van der Waals surface area (Å²) in [7, 11) is -3.52. The number of rotatable bonds is 6. The van der Waals surface area contributed by atoms with Gasteiger partial charge in [-0.25, -0.2) is 8.42 Å². The molecule has 0 bridgehead atoms. The van der Waals surface area contributed by atoms with E-state index in [9.17, 15) is 13.2 Å². The molecule has 1 aliphatic heterocycles. The molecule has 1 saturated heterocycles. The summed E-state index contributed by atoms with van der Waals surface area (Å²) in [6.45, 7) is 3.37. The smallest absolute Gasteiger partial charge is 0.252 e. The molecule has 1 aliphatic rings. The van der Waals surface area contributed by atoms with Crippen LogP contribution in [0.3, 0.4) is 0 Å². The molecule has 1 amide bonds. The molecular formula is C21H25ClN2O3S. The van der Waals surface area contributed by atoms with Gasteiger partial charge in [-0.15, -0.1) is 0 Å². The van der Waals surface area contributed by atoms with Gasteiger partial charge in [0, 0.05) is 19.6 Å². The predicted molar refractivity (Wildman–Crippen MR) is 111 cm³/mol. The van der Waals surface area contributed by atoms with Crippen LogP contribution in [-0.4, -0.2) is 38.3 Å². The van der Waals surface area contributed by atoms with E-state index < -0.39 is 10.0 Å². The van der Waals surface area contributed by atoms with Crippen molar-refractivity contribution in [2.24, 2.45) is 5.92 Å². The van der Waals surface area contributed by atoms with Crippen molar-refractivity contribution in [2.75, 3.05) is 19.6 Å². The summed E-state index contributed by atoms with van der Waals surface area (Å²) < 4.78 is 27.4. The number of carbonyl (C=O) groups excluding carboxylic acids is 1. The Hall–Kier alpha value is -1.89. The van der Waals surface area contributed by atoms with Gasteiger partial charge in [-0.3, -0.25) is 4.79 Å². The number of sulfonamides is 1. The number of hydrogen-bond acceptors (Lipinski definition) is 3. The zero-order valence-corrected chi connectivity index (χ0v) is 17.5. The lowest BCUT2D eigenvalue weighted by Gasteiger charge is -2.32. The minimum absolute atomic E-state index is 0.0740. The summed E-state index contributed by atoms with van der Waals surface area (Å²) in [5, 5.41) is 3.30. The zero-order valence-electron chi connectivity index (χ0n) is 15.9. The van der Waals surface area contributed by atoms with Crippen LogP contribution < -0.4 is 5.32 Å². The third-order valence-electron chi connectivity index (χ3n) is 5.12. The lowest BCUT2D eigenvalue weighted by molar-refractivity contribution is 0.0941. The molecule has 2 aromatic rings. The molecule has 0 aliphatic carbocycles. The number of carbonyl (C=O) groups is 1. The van der Waals surface area contributed by atoms with Crippen molar-refractivity contribution in [3.05, 3.63) is 64.7 Å². The maximum absolute atomic E-state index is 13.0. The second-order valence-electron chi connectivity index (χ2n) is 7.06. The fraction of sp³-hybridized carbons (Fsp3) is 0.381. The number of halogens is 1. The fourth-order valence-electron chi connectivity index (χ4n) is 3.44. The third-order valence-corrected chi connectivity index (χ3v) is 7.33. The molecule has 0 spiro atoms. The van der Waals surface area contributed by atoms with Crippen LogP contribution in [0, 0.1) is 5.92 Å². The monoisotopic (exact) mass is 420 g/mol. The molecule has 5 nitrogen and oxygen atoms in total. The number of piperidine rings is 1. The largest absolute Gasteiger partial charge is 0.352 e. The van der Waals surface area contributed by atoms with Crippen LogP contribution in [0.4, 0.5) is 0 Å². The van der Waals surface area contributed by atoms with Crippen LogP contribution >= 0.6 is 11.6 Å². The van der Waals surface area contributed by atoms with E-state index in [-0.39, 0.29) is 11.8 Å². The van der Waals surface area contributed by atoms with Crippen LogP contribution in [0.15, 0.2) is 53.4 Å². The third kappa shape index (κ3) is 4.74. The molecule has 0 saturated carbocycles. The molecule has 0 aromatic heterocycles. The van der Waals surface area contributed by atoms with E-state index in [2.05, 4.69) is 5.32 Å². The molecular weight excluding hydrogens is 396 g/mol. The van der Waals surface area contributed by atoms with Gasteiger partial charge >= 0.3 is 0 Å². The first-order valence-corrected chi connectivity index (χ1v) is 11.4. The summed E-state index contributed by atoms with van der Waals surface area (Å²) in [5.41, 5.74) is 1.54. The number of nitrogens with one attached hydrogen (secondary N) is 1. The van der Waals surface area contributed by atoms with Gasteiger partial charge in [0.15, 0.2) is 0 Å². The average molecular weight is 421 g/mol. The van der Waals surface area contributed by atoms with Crippen LogP contribution in [0.2, 0.25) is 5.02 Å². The van der Waals surface area contributed by atoms with Gasteiger partial charge in [-0.1, -0.05) is 42.8 Å². The van der Waals surface area contributed by atoms with Gasteiger partial charge in [-0.05, 0) is 55.0 Å². The van der Waals surface area contributed by atoms with Crippen LogP contribution in [-0.2, 0) is 16.4 Å². The number of nitrogens with zero attached hydrogens (tertiary/aromatic N) is 1. The Labute approximate surface area is 171 Å². The van der Waals surface area contributed by atoms with Crippen LogP contribution in [0.5, 0.6) is 0 Å². The Morgan fingerprint density at radius 2 is 1.89 bits per heavy atom. The Morgan fingerprint density at radius 1 is 1.18 bits per heavy atom. The molecule has 1 atom stereocenters. The minimum atomic E-state index is -3.52. The lowest BCUT2D eigenvalue weighted by atomic mass is 9.99. The average Bonchev–Trinajstić information content (AvgIpc) is 2.72. The number of benzene rings is 2. The highest BCUT2D eigenvalue weighted by molar-refractivity contribution is 7.89. The van der Waals surface area contributed by atoms with Crippen molar-refractivity contribution in [3.63, 3.8) is 0 Å². The van der Waals surface area contributed by atoms with Crippen molar-refractivity contribution in [2.45, 2.75) is 31.1 Å². The van der Waals surface area contributed by atoms with Crippen LogP contribution in [0.1, 0.15) is 35.7 Å². The van der Waals surface area contributed by atoms with Gasteiger partial charge in [0.25, 0.3) is 5.91 Å². The molecule has 150 valence electrons. The summed E-state index contributed by atoms with van der Waals surface area (Å²) in [6, 6.07) is 14.0. The number of amides is 1. The molecule has 28 heavy (non-hydrogen) atoms. The molecule has 0 radical (unpaired) electrons. The predicted octanol–water partition coefficient (Wildman–Crippen LogP) is 3.73. The van der Waals surface area contributed by atoms with Gasteiger partial charge in [0.05, 0.1) is 15.5 Å². The van der Waals surface area contributed by atoms with E-state index in [0.717, 1.165) is 24.8 Å². The molecule has 3 rings (SSSR count). The second-order valence-corrected chi connectivity index (χ2v) is 9.40. The fourth-order valence-corrected chi connectivity index (χ4v) is 5.21. The van der Waals surface area contributed by atoms with E-state index in [0.29, 0.717) is 35.1 Å². The SMILES string of the molecule is CCc1ccc(S(=O)(=O)N2CCC[C@H](CNC(=O)c3ccccc3Cl)C2)cc1. The molecule has 1 fully saturated rings. The summed E-state index contributed by atoms with van der Waals surface area (Å²) in [5.74, 6) is -0.161. The topological polar surface area (TPSA) is 66.5 Å². The summed E-state index contributed by atoms with van der Waals surface area (Å²) in [6.07, 6.45) is 2.53. The summed E-state index contributed by atoms with van der Waals surface area (Å²) in [4.78, 5) is 12.7. The Kier molecular flexibility index (Phi) is 6.75. The number of aryl methyl sites for hydroxylation is 1. The van der Waals surface area contributed by atoms with Gasteiger partial charge in [0.2, 0.25) is 10.0 Å². The Bertz CT molecular complexity index is 929.